The summed E-state index contributed by atoms with van der Waals surface area (Å²) in [6.45, 7) is 3.11. The molecule has 0 amide bonds. The summed E-state index contributed by atoms with van der Waals surface area (Å²) >= 11 is 4.11. The maximum atomic E-state index is 5.56. The first-order valence-corrected chi connectivity index (χ1v) is 8.85. The first-order chi connectivity index (χ1) is 10.2. The van der Waals surface area contributed by atoms with Crippen LogP contribution in [0, 0.1) is 2.88 Å². The molecule has 0 aliphatic heterocycles. The van der Waals surface area contributed by atoms with Crippen LogP contribution >= 0.6 is 33.9 Å². The van der Waals surface area contributed by atoms with Crippen LogP contribution < -0.4 is 14.8 Å². The van der Waals surface area contributed by atoms with Gasteiger partial charge >= 0.3 is 0 Å². The first-order valence-electron chi connectivity index (χ1n) is 6.89. The Bertz CT molecular complexity index is 563. The fourth-order valence-corrected chi connectivity index (χ4v) is 3.71. The molecule has 1 N–H and O–H groups in total. The van der Waals surface area contributed by atoms with E-state index in [1.54, 1.807) is 25.6 Å². The van der Waals surface area contributed by atoms with E-state index in [2.05, 4.69) is 46.3 Å². The predicted octanol–water partition coefficient (Wildman–Crippen LogP) is 4.46. The number of ether oxygens (including phenoxy) is 2. The van der Waals surface area contributed by atoms with Crippen LogP contribution in [0.4, 0.5) is 0 Å². The molecule has 0 saturated carbocycles. The number of halogens is 1. The molecule has 0 aliphatic carbocycles. The van der Waals surface area contributed by atoms with Gasteiger partial charge in [-0.25, -0.2) is 0 Å². The van der Waals surface area contributed by atoms with Crippen LogP contribution in [0.15, 0.2) is 29.6 Å². The van der Waals surface area contributed by atoms with Crippen LogP contribution in [0.5, 0.6) is 11.5 Å². The van der Waals surface area contributed by atoms with Gasteiger partial charge < -0.3 is 14.8 Å². The van der Waals surface area contributed by atoms with Crippen molar-refractivity contribution in [2.45, 2.75) is 19.4 Å². The smallest absolute Gasteiger partial charge is 0.127 e. The van der Waals surface area contributed by atoms with Gasteiger partial charge in [0.05, 0.1) is 28.7 Å². The minimum absolute atomic E-state index is 0.0795. The van der Waals surface area contributed by atoms with Gasteiger partial charge in [0.15, 0.2) is 0 Å². The predicted molar refractivity (Wildman–Crippen MR) is 96.7 cm³/mol. The second-order valence-electron chi connectivity index (χ2n) is 4.65. The third-order valence-electron chi connectivity index (χ3n) is 3.27. The molecule has 2 rings (SSSR count). The molecule has 3 nitrogen and oxygen atoms in total. The van der Waals surface area contributed by atoms with Gasteiger partial charge in [-0.1, -0.05) is 13.0 Å². The molecule has 0 radical (unpaired) electrons. The van der Waals surface area contributed by atoms with E-state index >= 15 is 0 Å². The molecule has 1 heterocycles. The van der Waals surface area contributed by atoms with E-state index in [4.69, 9.17) is 9.47 Å². The summed E-state index contributed by atoms with van der Waals surface area (Å²) in [6, 6.07) is 8.21. The van der Waals surface area contributed by atoms with E-state index in [0.29, 0.717) is 0 Å². The van der Waals surface area contributed by atoms with Crippen LogP contribution in [0.3, 0.4) is 0 Å². The molecule has 0 aliphatic rings. The minimum Gasteiger partial charge on any atom is -0.496 e. The van der Waals surface area contributed by atoms with Gasteiger partial charge in [-0.15, -0.1) is 11.3 Å². The highest BCUT2D eigenvalue weighted by Crippen LogP contribution is 2.38. The normalized spacial score (nSPS) is 12.2. The number of methoxy groups -OCH3 is 2. The number of benzene rings is 1. The zero-order valence-electron chi connectivity index (χ0n) is 12.5. The Morgan fingerprint density at radius 3 is 2.38 bits per heavy atom. The molecular formula is C16H20INO2S. The van der Waals surface area contributed by atoms with Gasteiger partial charge in [0, 0.05) is 0 Å². The summed E-state index contributed by atoms with van der Waals surface area (Å²) in [6.07, 6.45) is 1.08. The number of hydrogen-bond donors (Lipinski definition) is 1. The van der Waals surface area contributed by atoms with Gasteiger partial charge in [-0.05, 0) is 64.7 Å². The van der Waals surface area contributed by atoms with Crippen molar-refractivity contribution in [3.8, 4) is 11.5 Å². The van der Waals surface area contributed by atoms with E-state index in [-0.39, 0.29) is 6.04 Å². The highest BCUT2D eigenvalue weighted by atomic mass is 127. The zero-order valence-corrected chi connectivity index (χ0v) is 15.5. The van der Waals surface area contributed by atoms with E-state index in [1.807, 2.05) is 18.2 Å². The topological polar surface area (TPSA) is 30.5 Å². The molecule has 1 aromatic carbocycles. The Hall–Kier alpha value is -0.790. The first kappa shape index (κ1) is 16.6. The second kappa shape index (κ2) is 8.00. The molecule has 21 heavy (non-hydrogen) atoms. The lowest BCUT2D eigenvalue weighted by molar-refractivity contribution is 0.376. The molecule has 1 atom stereocenters. The summed E-state index contributed by atoms with van der Waals surface area (Å²) in [7, 11) is 3.40. The molecule has 1 aromatic heterocycles. The fraction of sp³-hybridized carbons (Fsp3) is 0.375. The summed E-state index contributed by atoms with van der Waals surface area (Å²) in [5.74, 6) is 1.70. The summed E-state index contributed by atoms with van der Waals surface area (Å²) in [5, 5.41) is 5.80. The number of hydrogen-bond acceptors (Lipinski definition) is 4. The summed E-state index contributed by atoms with van der Waals surface area (Å²) < 4.78 is 12.4. The van der Waals surface area contributed by atoms with E-state index < -0.39 is 0 Å². The van der Waals surface area contributed by atoms with Gasteiger partial charge in [0.25, 0.3) is 0 Å². The zero-order chi connectivity index (χ0) is 15.2. The van der Waals surface area contributed by atoms with Crippen molar-refractivity contribution in [1.82, 2.24) is 5.32 Å². The lowest BCUT2D eigenvalue weighted by Gasteiger charge is -2.23. The summed E-state index contributed by atoms with van der Waals surface area (Å²) in [4.78, 5) is 0. The fourth-order valence-electron chi connectivity index (χ4n) is 2.31. The Labute approximate surface area is 143 Å². The van der Waals surface area contributed by atoms with Crippen molar-refractivity contribution in [1.29, 1.82) is 0 Å². The van der Waals surface area contributed by atoms with Crippen molar-refractivity contribution in [2.24, 2.45) is 0 Å². The Morgan fingerprint density at radius 2 is 1.90 bits per heavy atom. The summed E-state index contributed by atoms with van der Waals surface area (Å²) in [5.41, 5.74) is 2.31. The van der Waals surface area contributed by atoms with Crippen molar-refractivity contribution in [3.05, 3.63) is 43.7 Å². The third kappa shape index (κ3) is 3.90. The van der Waals surface area contributed by atoms with Crippen LogP contribution in [-0.4, -0.2) is 20.8 Å². The van der Waals surface area contributed by atoms with Crippen molar-refractivity contribution >= 4 is 33.9 Å². The van der Waals surface area contributed by atoms with Crippen LogP contribution in [-0.2, 0) is 0 Å². The van der Waals surface area contributed by atoms with E-state index in [1.165, 1.54) is 8.45 Å². The lowest BCUT2D eigenvalue weighted by Crippen LogP contribution is -2.23. The molecule has 0 fully saturated rings. The Kier molecular flexibility index (Phi) is 6.32. The van der Waals surface area contributed by atoms with Gasteiger partial charge in [0.2, 0.25) is 0 Å². The molecule has 0 bridgehead atoms. The van der Waals surface area contributed by atoms with E-state index in [9.17, 15) is 0 Å². The average Bonchev–Trinajstić information content (AvgIpc) is 2.94. The molecule has 1 unspecified atom stereocenters. The molecule has 0 saturated heterocycles. The van der Waals surface area contributed by atoms with Gasteiger partial charge in [0.1, 0.15) is 11.5 Å². The molecule has 2 aromatic rings. The quantitative estimate of drug-likeness (QED) is 0.675. The van der Waals surface area contributed by atoms with Crippen molar-refractivity contribution in [3.63, 3.8) is 0 Å². The molecule has 0 spiro atoms. The monoisotopic (exact) mass is 417 g/mol. The van der Waals surface area contributed by atoms with Crippen molar-refractivity contribution in [2.75, 3.05) is 20.8 Å². The average molecular weight is 417 g/mol. The Morgan fingerprint density at radius 1 is 1.24 bits per heavy atom. The van der Waals surface area contributed by atoms with Crippen LogP contribution in [0.25, 0.3) is 0 Å². The Balaban J connectivity index is 2.50. The molecule has 5 heteroatoms. The number of thiophene rings is 1. The largest absolute Gasteiger partial charge is 0.496 e. The van der Waals surface area contributed by atoms with E-state index in [0.717, 1.165) is 30.0 Å². The SMILES string of the molecule is CCCNC(c1csc(I)c1)c1c(OC)cccc1OC. The maximum Gasteiger partial charge on any atom is 0.127 e. The number of nitrogens with one attached hydrogen (secondary N) is 1. The second-order valence-corrected chi connectivity index (χ2v) is 7.45. The van der Waals surface area contributed by atoms with Crippen molar-refractivity contribution < 1.29 is 9.47 Å². The lowest BCUT2D eigenvalue weighted by atomic mass is 9.99. The van der Waals surface area contributed by atoms with Crippen LogP contribution in [0.1, 0.15) is 30.5 Å². The maximum absolute atomic E-state index is 5.56. The van der Waals surface area contributed by atoms with Gasteiger partial charge in [-0.3, -0.25) is 0 Å². The minimum atomic E-state index is 0.0795. The van der Waals surface area contributed by atoms with Crippen LogP contribution in [0.2, 0.25) is 0 Å². The molecular weight excluding hydrogens is 397 g/mol. The van der Waals surface area contributed by atoms with Gasteiger partial charge in [-0.2, -0.15) is 0 Å². The highest BCUT2D eigenvalue weighted by molar-refractivity contribution is 14.1. The number of rotatable bonds is 7. The highest BCUT2D eigenvalue weighted by Gasteiger charge is 2.23. The standard InChI is InChI=1S/C16H20INO2S/c1-4-8-18-16(11-9-14(17)21-10-11)15-12(19-2)6-5-7-13(15)20-3/h5-7,9-10,16,18H,4,8H2,1-3H3. The molecule has 114 valence electrons. The third-order valence-corrected chi connectivity index (χ3v) is 5.08.